The van der Waals surface area contributed by atoms with Crippen LogP contribution >= 0.6 is 0 Å². The van der Waals surface area contributed by atoms with Crippen molar-refractivity contribution in [1.82, 2.24) is 4.90 Å². The van der Waals surface area contributed by atoms with E-state index in [1.807, 2.05) is 0 Å². The van der Waals surface area contributed by atoms with E-state index in [-0.39, 0.29) is 6.67 Å². The van der Waals surface area contributed by atoms with Crippen LogP contribution in [0.15, 0.2) is 0 Å². The van der Waals surface area contributed by atoms with E-state index in [2.05, 4.69) is 30.6 Å². The van der Waals surface area contributed by atoms with E-state index in [0.717, 1.165) is 25.9 Å². The average Bonchev–Trinajstić information content (AvgIpc) is 2.17. The Kier molecular flexibility index (Phi) is 4.97. The molecule has 0 saturated carbocycles. The molecule has 1 aliphatic rings. The van der Waals surface area contributed by atoms with Crippen molar-refractivity contribution >= 4 is 0 Å². The number of likely N-dealkylation sites (tertiary alicyclic amines) is 1. The lowest BCUT2D eigenvalue weighted by Crippen LogP contribution is -2.34. The number of halogens is 1. The van der Waals surface area contributed by atoms with Crippen molar-refractivity contribution in [3.63, 3.8) is 0 Å². The number of rotatable bonds is 2. The smallest absolute Gasteiger partial charge is 0.102 e. The molecule has 0 amide bonds. The maximum absolute atomic E-state index is 12.1. The first kappa shape index (κ1) is 11.5. The first-order valence-corrected chi connectivity index (χ1v) is 5.51. The molecule has 0 aromatic heterocycles. The molecule has 0 atom stereocenters. The van der Waals surface area contributed by atoms with Gasteiger partial charge in [-0.1, -0.05) is 19.8 Å². The van der Waals surface area contributed by atoms with E-state index >= 15 is 0 Å². The quantitative estimate of drug-likeness (QED) is 0.614. The Labute approximate surface area is 86.7 Å². The number of hydrogen-bond acceptors (Lipinski definition) is 1. The molecular weight excluding hydrogens is 177 g/mol. The Morgan fingerprint density at radius 2 is 2.00 bits per heavy atom. The zero-order chi connectivity index (χ0) is 10.4. The lowest BCUT2D eigenvalue weighted by molar-refractivity contribution is 0.192. The second kappa shape index (κ2) is 6.03. The highest BCUT2D eigenvalue weighted by atomic mass is 19.1. The number of hydrogen-bond donors (Lipinski definition) is 0. The molecule has 1 heterocycles. The third-order valence-electron chi connectivity index (χ3n) is 2.56. The third-order valence-corrected chi connectivity index (χ3v) is 2.56. The SMILES string of the molecule is CC(C)C#CC1CCN(CCF)CC1. The monoisotopic (exact) mass is 197 g/mol. The molecule has 1 fully saturated rings. The van der Waals surface area contributed by atoms with Crippen molar-refractivity contribution in [2.45, 2.75) is 26.7 Å². The van der Waals surface area contributed by atoms with Crippen LogP contribution in [-0.4, -0.2) is 31.2 Å². The average molecular weight is 197 g/mol. The first-order chi connectivity index (χ1) is 6.72. The highest BCUT2D eigenvalue weighted by Crippen LogP contribution is 2.15. The van der Waals surface area contributed by atoms with Gasteiger partial charge in [0.15, 0.2) is 0 Å². The fraction of sp³-hybridized carbons (Fsp3) is 0.833. The minimum atomic E-state index is -0.220. The van der Waals surface area contributed by atoms with Gasteiger partial charge in [-0.15, -0.1) is 5.92 Å². The van der Waals surface area contributed by atoms with Crippen molar-refractivity contribution in [1.29, 1.82) is 0 Å². The van der Waals surface area contributed by atoms with Crippen LogP contribution in [0.1, 0.15) is 26.7 Å². The Morgan fingerprint density at radius 3 is 2.50 bits per heavy atom. The number of piperidine rings is 1. The summed E-state index contributed by atoms with van der Waals surface area (Å²) in [5.74, 6) is 7.55. The van der Waals surface area contributed by atoms with Gasteiger partial charge in [-0.2, -0.15) is 0 Å². The van der Waals surface area contributed by atoms with Gasteiger partial charge in [0.2, 0.25) is 0 Å². The molecule has 1 saturated heterocycles. The summed E-state index contributed by atoms with van der Waals surface area (Å²) in [6.07, 6.45) is 2.22. The summed E-state index contributed by atoms with van der Waals surface area (Å²) in [5, 5.41) is 0. The van der Waals surface area contributed by atoms with Gasteiger partial charge in [0.25, 0.3) is 0 Å². The third kappa shape index (κ3) is 4.11. The summed E-state index contributed by atoms with van der Waals surface area (Å²) in [5.41, 5.74) is 0. The van der Waals surface area contributed by atoms with Crippen LogP contribution in [0.4, 0.5) is 4.39 Å². The summed E-state index contributed by atoms with van der Waals surface area (Å²) in [6, 6.07) is 0. The molecule has 0 aromatic rings. The predicted molar refractivity (Wildman–Crippen MR) is 57.8 cm³/mol. The Balaban J connectivity index is 2.26. The largest absolute Gasteiger partial charge is 0.301 e. The zero-order valence-electron chi connectivity index (χ0n) is 9.22. The van der Waals surface area contributed by atoms with Gasteiger partial charge in [0, 0.05) is 18.4 Å². The second-order valence-corrected chi connectivity index (χ2v) is 4.25. The van der Waals surface area contributed by atoms with Crippen LogP contribution in [0, 0.1) is 23.7 Å². The topological polar surface area (TPSA) is 3.24 Å². The molecule has 1 rings (SSSR count). The van der Waals surface area contributed by atoms with Crippen molar-refractivity contribution in [2.24, 2.45) is 11.8 Å². The molecule has 0 N–H and O–H groups in total. The van der Waals surface area contributed by atoms with Crippen molar-refractivity contribution in [3.8, 4) is 11.8 Å². The summed E-state index contributed by atoms with van der Waals surface area (Å²) in [4.78, 5) is 2.19. The minimum Gasteiger partial charge on any atom is -0.301 e. The van der Waals surface area contributed by atoms with Gasteiger partial charge in [0.05, 0.1) is 0 Å². The standard InChI is InChI=1S/C12H20FN/c1-11(2)3-4-12-5-8-14(9-6-12)10-7-13/h11-12H,5-10H2,1-2H3. The van der Waals surface area contributed by atoms with E-state index in [0.29, 0.717) is 18.4 Å². The first-order valence-electron chi connectivity index (χ1n) is 5.51. The summed E-state index contributed by atoms with van der Waals surface area (Å²) in [7, 11) is 0. The van der Waals surface area contributed by atoms with E-state index in [1.54, 1.807) is 0 Å². The van der Waals surface area contributed by atoms with Gasteiger partial charge in [-0.3, -0.25) is 0 Å². The highest BCUT2D eigenvalue weighted by molar-refractivity contribution is 5.06. The number of alkyl halides is 1. The zero-order valence-corrected chi connectivity index (χ0v) is 9.22. The minimum absolute atomic E-state index is 0.220. The van der Waals surface area contributed by atoms with Crippen LogP contribution < -0.4 is 0 Å². The van der Waals surface area contributed by atoms with Gasteiger partial charge >= 0.3 is 0 Å². The molecule has 0 radical (unpaired) electrons. The summed E-state index contributed by atoms with van der Waals surface area (Å²) in [6.45, 7) is 6.64. The van der Waals surface area contributed by atoms with E-state index in [1.165, 1.54) is 0 Å². The van der Waals surface area contributed by atoms with Gasteiger partial charge in [0.1, 0.15) is 6.67 Å². The molecule has 2 heteroatoms. The van der Waals surface area contributed by atoms with Crippen molar-refractivity contribution < 1.29 is 4.39 Å². The van der Waals surface area contributed by atoms with Crippen LogP contribution in [0.2, 0.25) is 0 Å². The molecular formula is C12H20FN. The van der Waals surface area contributed by atoms with Crippen LogP contribution in [0.25, 0.3) is 0 Å². The van der Waals surface area contributed by atoms with Gasteiger partial charge < -0.3 is 4.90 Å². The molecule has 80 valence electrons. The van der Waals surface area contributed by atoms with Crippen LogP contribution in [0.5, 0.6) is 0 Å². The normalized spacial score (nSPS) is 19.4. The van der Waals surface area contributed by atoms with E-state index in [4.69, 9.17) is 0 Å². The van der Waals surface area contributed by atoms with Gasteiger partial charge in [-0.05, 0) is 25.9 Å². The van der Waals surface area contributed by atoms with Crippen LogP contribution in [0.3, 0.4) is 0 Å². The summed E-state index contributed by atoms with van der Waals surface area (Å²) >= 11 is 0. The number of nitrogens with zero attached hydrogens (tertiary/aromatic N) is 1. The maximum Gasteiger partial charge on any atom is 0.102 e. The van der Waals surface area contributed by atoms with E-state index in [9.17, 15) is 4.39 Å². The van der Waals surface area contributed by atoms with Crippen molar-refractivity contribution in [2.75, 3.05) is 26.3 Å². The molecule has 14 heavy (non-hydrogen) atoms. The molecule has 1 aliphatic heterocycles. The molecule has 0 bridgehead atoms. The molecule has 0 aromatic carbocycles. The fourth-order valence-corrected chi connectivity index (χ4v) is 1.70. The maximum atomic E-state index is 12.1. The Bertz CT molecular complexity index is 206. The van der Waals surface area contributed by atoms with Crippen LogP contribution in [-0.2, 0) is 0 Å². The fourth-order valence-electron chi connectivity index (χ4n) is 1.70. The van der Waals surface area contributed by atoms with Gasteiger partial charge in [-0.25, -0.2) is 4.39 Å². The Hall–Kier alpha value is -0.550. The molecule has 0 spiro atoms. The van der Waals surface area contributed by atoms with E-state index < -0.39 is 0 Å². The lowest BCUT2D eigenvalue weighted by Gasteiger charge is -2.28. The predicted octanol–water partition coefficient (Wildman–Crippen LogP) is 2.33. The highest BCUT2D eigenvalue weighted by Gasteiger charge is 2.16. The lowest BCUT2D eigenvalue weighted by atomic mass is 9.97. The molecule has 0 unspecified atom stereocenters. The molecule has 1 nitrogen and oxygen atoms in total. The molecule has 0 aliphatic carbocycles. The Morgan fingerprint density at radius 1 is 1.36 bits per heavy atom. The second-order valence-electron chi connectivity index (χ2n) is 4.25. The van der Waals surface area contributed by atoms with Crippen molar-refractivity contribution in [3.05, 3.63) is 0 Å². The summed E-state index contributed by atoms with van der Waals surface area (Å²) < 4.78 is 12.1.